The van der Waals surface area contributed by atoms with Crippen LogP contribution in [0.3, 0.4) is 0 Å². The first-order valence-corrected chi connectivity index (χ1v) is 12.8. The smallest absolute Gasteiger partial charge is 0.262 e. The van der Waals surface area contributed by atoms with Crippen molar-refractivity contribution in [1.29, 1.82) is 0 Å². The molecule has 0 unspecified atom stereocenters. The van der Waals surface area contributed by atoms with Gasteiger partial charge in [0.25, 0.3) is 5.56 Å². The maximum Gasteiger partial charge on any atom is 0.262 e. The molecule has 0 N–H and O–H groups in total. The quantitative estimate of drug-likeness (QED) is 0.323. The Labute approximate surface area is 180 Å². The van der Waals surface area contributed by atoms with E-state index in [1.807, 2.05) is 13.0 Å². The van der Waals surface area contributed by atoms with Gasteiger partial charge < -0.3 is 9.64 Å². The molecule has 2 aromatic rings. The van der Waals surface area contributed by atoms with E-state index in [0.29, 0.717) is 48.7 Å². The van der Waals surface area contributed by atoms with E-state index in [1.54, 1.807) is 29.8 Å². The second kappa shape index (κ2) is 9.93. The number of aromatic nitrogens is 2. The Morgan fingerprint density at radius 3 is 2.83 bits per heavy atom. The van der Waals surface area contributed by atoms with E-state index in [1.165, 1.54) is 16.7 Å². The number of rotatable bonds is 9. The third kappa shape index (κ3) is 5.41. The Morgan fingerprint density at radius 2 is 2.13 bits per heavy atom. The highest BCUT2D eigenvalue weighted by Gasteiger charge is 2.32. The molecular weight excluding hydrogens is 426 g/mol. The first-order chi connectivity index (χ1) is 14.3. The fourth-order valence-corrected chi connectivity index (χ4v) is 6.16. The molecule has 1 aliphatic rings. The number of nitrogens with zero attached hydrogens (tertiary/aromatic N) is 3. The lowest BCUT2D eigenvalue weighted by atomic mass is 10.2. The minimum Gasteiger partial charge on any atom is -0.382 e. The number of carbonyl (C=O) groups is 1. The fourth-order valence-electron chi connectivity index (χ4n) is 3.44. The summed E-state index contributed by atoms with van der Waals surface area (Å²) in [5, 5.41) is 1.02. The lowest BCUT2D eigenvalue weighted by molar-refractivity contribution is -0.128. The summed E-state index contributed by atoms with van der Waals surface area (Å²) in [7, 11) is -1.43. The number of hydrogen-bond donors (Lipinski definition) is 0. The summed E-state index contributed by atoms with van der Waals surface area (Å²) in [5.74, 6) is 0.0403. The minimum atomic E-state index is -3.06. The van der Waals surface area contributed by atoms with Crippen molar-refractivity contribution in [2.75, 3.05) is 37.5 Å². The molecule has 0 bridgehead atoms. The summed E-state index contributed by atoms with van der Waals surface area (Å²) in [6, 6.07) is 6.86. The van der Waals surface area contributed by atoms with Gasteiger partial charge in [0.05, 0.1) is 28.2 Å². The lowest BCUT2D eigenvalue weighted by Gasteiger charge is -2.23. The van der Waals surface area contributed by atoms with E-state index in [-0.39, 0.29) is 34.8 Å². The Kier molecular flexibility index (Phi) is 7.54. The number of hydrogen-bond acceptors (Lipinski definition) is 7. The summed E-state index contributed by atoms with van der Waals surface area (Å²) >= 11 is 1.21. The van der Waals surface area contributed by atoms with Crippen LogP contribution in [0.15, 0.2) is 34.2 Å². The summed E-state index contributed by atoms with van der Waals surface area (Å²) in [6.07, 6.45) is 1.13. The molecule has 2 heterocycles. The Bertz CT molecular complexity index is 1070. The third-order valence-corrected chi connectivity index (χ3v) is 7.89. The molecule has 10 heteroatoms. The number of fused-ring (bicyclic) bond motifs is 1. The Morgan fingerprint density at radius 1 is 1.37 bits per heavy atom. The number of ether oxygens (including phenoxy) is 1. The van der Waals surface area contributed by atoms with Crippen LogP contribution in [0.25, 0.3) is 10.9 Å². The standard InChI is InChI=1S/C20H27N3O5S2/c1-3-28-11-6-10-23-19(25)16-7-4-5-8-17(16)21-20(23)29-13-18(24)22(2)15-9-12-30(26,27)14-15/h4-5,7-8,15H,3,6,9-14H2,1-2H3/t15-/m0/s1. The lowest BCUT2D eigenvalue weighted by Crippen LogP contribution is -2.39. The van der Waals surface area contributed by atoms with E-state index in [2.05, 4.69) is 4.98 Å². The van der Waals surface area contributed by atoms with E-state index in [4.69, 9.17) is 4.74 Å². The molecule has 30 heavy (non-hydrogen) atoms. The van der Waals surface area contributed by atoms with Crippen molar-refractivity contribution >= 4 is 38.4 Å². The molecule has 1 aromatic heterocycles. The molecule has 0 aliphatic carbocycles. The van der Waals surface area contributed by atoms with Gasteiger partial charge >= 0.3 is 0 Å². The normalized spacial score (nSPS) is 18.0. The van der Waals surface area contributed by atoms with Crippen molar-refractivity contribution in [3.05, 3.63) is 34.6 Å². The maximum atomic E-state index is 13.0. The summed E-state index contributed by atoms with van der Waals surface area (Å²) in [6.45, 7) is 3.52. The molecule has 8 nitrogen and oxygen atoms in total. The molecule has 0 spiro atoms. The van der Waals surface area contributed by atoms with Crippen LogP contribution >= 0.6 is 11.8 Å². The van der Waals surface area contributed by atoms with E-state index in [0.717, 1.165) is 0 Å². The number of amides is 1. The van der Waals surface area contributed by atoms with Crippen LogP contribution in [-0.4, -0.2) is 72.3 Å². The SMILES string of the molecule is CCOCCCn1c(SCC(=O)N(C)[C@H]2CCS(=O)(=O)C2)nc2ccccc2c1=O. The second-order valence-electron chi connectivity index (χ2n) is 7.27. The molecule has 0 saturated carbocycles. The predicted octanol–water partition coefficient (Wildman–Crippen LogP) is 1.56. The average molecular weight is 454 g/mol. The molecular formula is C20H27N3O5S2. The second-order valence-corrected chi connectivity index (χ2v) is 10.4. The average Bonchev–Trinajstić information content (AvgIpc) is 3.10. The van der Waals surface area contributed by atoms with Crippen LogP contribution in [-0.2, 0) is 25.9 Å². The van der Waals surface area contributed by atoms with Crippen LogP contribution in [0.4, 0.5) is 0 Å². The van der Waals surface area contributed by atoms with E-state index >= 15 is 0 Å². The maximum absolute atomic E-state index is 13.0. The highest BCUT2D eigenvalue weighted by Crippen LogP contribution is 2.21. The molecule has 1 amide bonds. The zero-order chi connectivity index (χ0) is 21.7. The molecule has 1 aromatic carbocycles. The van der Waals surface area contributed by atoms with Gasteiger partial charge in [0.15, 0.2) is 15.0 Å². The minimum absolute atomic E-state index is 0.0102. The largest absolute Gasteiger partial charge is 0.382 e. The number of thioether (sulfide) groups is 1. The van der Waals surface area contributed by atoms with Gasteiger partial charge in [0.2, 0.25) is 5.91 Å². The van der Waals surface area contributed by atoms with Crippen molar-refractivity contribution in [3.8, 4) is 0 Å². The van der Waals surface area contributed by atoms with Gasteiger partial charge in [-0.3, -0.25) is 14.2 Å². The van der Waals surface area contributed by atoms with Gasteiger partial charge in [-0.1, -0.05) is 23.9 Å². The van der Waals surface area contributed by atoms with Crippen LogP contribution in [0.1, 0.15) is 19.8 Å². The summed E-state index contributed by atoms with van der Waals surface area (Å²) in [4.78, 5) is 31.7. The van der Waals surface area contributed by atoms with E-state index in [9.17, 15) is 18.0 Å². The molecule has 1 aliphatic heterocycles. The van der Waals surface area contributed by atoms with Crippen molar-refractivity contribution in [2.24, 2.45) is 0 Å². The van der Waals surface area contributed by atoms with Gasteiger partial charge in [-0.15, -0.1) is 0 Å². The third-order valence-electron chi connectivity index (χ3n) is 5.18. The van der Waals surface area contributed by atoms with Crippen molar-refractivity contribution in [3.63, 3.8) is 0 Å². The van der Waals surface area contributed by atoms with Crippen molar-refractivity contribution in [2.45, 2.75) is 37.5 Å². The Balaban J connectivity index is 1.76. The number of sulfone groups is 1. The molecule has 0 radical (unpaired) electrons. The number of carbonyl (C=O) groups excluding carboxylic acids is 1. The van der Waals surface area contributed by atoms with Gasteiger partial charge in [0, 0.05) is 32.8 Å². The predicted molar refractivity (Wildman–Crippen MR) is 118 cm³/mol. The van der Waals surface area contributed by atoms with E-state index < -0.39 is 9.84 Å². The zero-order valence-corrected chi connectivity index (χ0v) is 18.9. The fraction of sp³-hybridized carbons (Fsp3) is 0.550. The van der Waals surface area contributed by atoms with Crippen LogP contribution in [0.2, 0.25) is 0 Å². The summed E-state index contributed by atoms with van der Waals surface area (Å²) < 4.78 is 30.4. The molecule has 1 saturated heterocycles. The first-order valence-electron chi connectivity index (χ1n) is 9.98. The zero-order valence-electron chi connectivity index (χ0n) is 17.2. The summed E-state index contributed by atoms with van der Waals surface area (Å²) in [5.41, 5.74) is 0.455. The van der Waals surface area contributed by atoms with Crippen molar-refractivity contribution in [1.82, 2.24) is 14.5 Å². The van der Waals surface area contributed by atoms with Crippen LogP contribution < -0.4 is 5.56 Å². The Hall–Kier alpha value is -1.91. The number of benzene rings is 1. The number of para-hydroxylation sites is 1. The van der Waals surface area contributed by atoms with Gasteiger partial charge in [-0.05, 0) is 31.9 Å². The topological polar surface area (TPSA) is 98.6 Å². The van der Waals surface area contributed by atoms with Gasteiger partial charge in [0.1, 0.15) is 0 Å². The highest BCUT2D eigenvalue weighted by atomic mass is 32.2. The van der Waals surface area contributed by atoms with Gasteiger partial charge in [-0.25, -0.2) is 13.4 Å². The van der Waals surface area contributed by atoms with Gasteiger partial charge in [-0.2, -0.15) is 0 Å². The van der Waals surface area contributed by atoms with Crippen LogP contribution in [0.5, 0.6) is 0 Å². The molecule has 3 rings (SSSR count). The first kappa shape index (κ1) is 22.8. The highest BCUT2D eigenvalue weighted by molar-refractivity contribution is 7.99. The van der Waals surface area contributed by atoms with Crippen LogP contribution in [0, 0.1) is 0 Å². The molecule has 1 atom stereocenters. The molecule has 164 valence electrons. The molecule has 1 fully saturated rings. The van der Waals surface area contributed by atoms with Crippen molar-refractivity contribution < 1.29 is 17.9 Å². The monoisotopic (exact) mass is 453 g/mol.